The van der Waals surface area contributed by atoms with E-state index in [1.165, 1.54) is 32.1 Å². The predicted molar refractivity (Wildman–Crippen MR) is 95.5 cm³/mol. The van der Waals surface area contributed by atoms with Crippen LogP contribution in [0.3, 0.4) is 0 Å². The van der Waals surface area contributed by atoms with Crippen LogP contribution in [-0.4, -0.2) is 17.4 Å². The number of hydrazone groups is 1. The molecule has 3 nitrogen and oxygen atoms in total. The van der Waals surface area contributed by atoms with Crippen molar-refractivity contribution in [3.63, 3.8) is 0 Å². The molecule has 0 unspecified atom stereocenters. The largest absolute Gasteiger partial charge is 0.272 e. The van der Waals surface area contributed by atoms with Gasteiger partial charge in [-0.3, -0.25) is 4.79 Å². The van der Waals surface area contributed by atoms with Crippen LogP contribution in [0.4, 0.5) is 0 Å². The van der Waals surface area contributed by atoms with Gasteiger partial charge in [-0.25, -0.2) is 5.43 Å². The average molecular weight is 339 g/mol. The third-order valence-corrected chi connectivity index (χ3v) is 5.07. The van der Waals surface area contributed by atoms with Gasteiger partial charge in [0.1, 0.15) is 0 Å². The third kappa shape index (κ3) is 6.41. The first kappa shape index (κ1) is 17.4. The Bertz CT molecular complexity index is 509. The van der Waals surface area contributed by atoms with Crippen LogP contribution in [-0.2, 0) is 10.5 Å². The lowest BCUT2D eigenvalue weighted by Crippen LogP contribution is -2.22. The highest BCUT2D eigenvalue weighted by Crippen LogP contribution is 2.20. The van der Waals surface area contributed by atoms with E-state index in [0.29, 0.717) is 5.75 Å². The van der Waals surface area contributed by atoms with Gasteiger partial charge in [-0.15, -0.1) is 11.8 Å². The maximum atomic E-state index is 11.8. The molecule has 2 rings (SSSR count). The smallest absolute Gasteiger partial charge is 0.250 e. The molecule has 1 fully saturated rings. The molecule has 0 atom stereocenters. The lowest BCUT2D eigenvalue weighted by Gasteiger charge is -2.11. The van der Waals surface area contributed by atoms with Gasteiger partial charge >= 0.3 is 0 Å². The van der Waals surface area contributed by atoms with E-state index in [1.54, 1.807) is 11.8 Å². The van der Waals surface area contributed by atoms with E-state index < -0.39 is 0 Å². The number of carbonyl (C=O) groups is 1. The maximum Gasteiger partial charge on any atom is 0.250 e. The fourth-order valence-corrected chi connectivity index (χ4v) is 3.57. The molecule has 0 aliphatic heterocycles. The summed E-state index contributed by atoms with van der Waals surface area (Å²) in [6, 6.07) is 7.73. The Labute approximate surface area is 141 Å². The van der Waals surface area contributed by atoms with Gasteiger partial charge in [0.2, 0.25) is 5.91 Å². The Morgan fingerprint density at radius 2 is 1.82 bits per heavy atom. The van der Waals surface area contributed by atoms with Crippen molar-refractivity contribution in [2.45, 2.75) is 50.7 Å². The fraction of sp³-hybridized carbons (Fsp3) is 0.529. The zero-order chi connectivity index (χ0) is 15.6. The zero-order valence-corrected chi connectivity index (χ0v) is 14.4. The maximum absolute atomic E-state index is 11.8. The molecule has 120 valence electrons. The van der Waals surface area contributed by atoms with Gasteiger partial charge in [0.25, 0.3) is 0 Å². The SMILES string of the molecule is O=C(CSCc1ccccc1Cl)NN=C1CCCCCCC1. The molecule has 1 aromatic carbocycles. The van der Waals surface area contributed by atoms with Crippen molar-refractivity contribution in [3.05, 3.63) is 34.9 Å². The Balaban J connectivity index is 1.70. The van der Waals surface area contributed by atoms with Crippen LogP contribution in [0.15, 0.2) is 29.4 Å². The number of halogens is 1. The second-order valence-corrected chi connectivity index (χ2v) is 6.96. The van der Waals surface area contributed by atoms with Crippen LogP contribution >= 0.6 is 23.4 Å². The Morgan fingerprint density at radius 3 is 2.55 bits per heavy atom. The topological polar surface area (TPSA) is 41.5 Å². The van der Waals surface area contributed by atoms with Crippen LogP contribution in [0.1, 0.15) is 50.5 Å². The van der Waals surface area contributed by atoms with E-state index in [9.17, 15) is 4.79 Å². The van der Waals surface area contributed by atoms with Crippen molar-refractivity contribution in [1.82, 2.24) is 5.43 Å². The molecule has 0 heterocycles. The van der Waals surface area contributed by atoms with Crippen LogP contribution < -0.4 is 5.43 Å². The molecule has 1 aliphatic carbocycles. The normalized spacial score (nSPS) is 15.8. The molecule has 0 spiro atoms. The van der Waals surface area contributed by atoms with Crippen molar-refractivity contribution < 1.29 is 4.79 Å². The molecule has 0 saturated heterocycles. The summed E-state index contributed by atoms with van der Waals surface area (Å²) in [6.45, 7) is 0. The summed E-state index contributed by atoms with van der Waals surface area (Å²) < 4.78 is 0. The van der Waals surface area contributed by atoms with Crippen LogP contribution in [0, 0.1) is 0 Å². The molecule has 22 heavy (non-hydrogen) atoms. The molecule has 1 saturated carbocycles. The van der Waals surface area contributed by atoms with Crippen LogP contribution in [0.5, 0.6) is 0 Å². The minimum Gasteiger partial charge on any atom is -0.272 e. The van der Waals surface area contributed by atoms with Crippen molar-refractivity contribution >= 4 is 35.0 Å². The quantitative estimate of drug-likeness (QED) is 0.784. The Hall–Kier alpha value is -1.00. The summed E-state index contributed by atoms with van der Waals surface area (Å²) in [5.41, 5.74) is 4.90. The molecule has 1 amide bonds. The summed E-state index contributed by atoms with van der Waals surface area (Å²) in [6.07, 6.45) is 8.31. The highest BCUT2D eigenvalue weighted by molar-refractivity contribution is 7.99. The van der Waals surface area contributed by atoms with Gasteiger partial charge in [-0.1, -0.05) is 49.1 Å². The molecule has 5 heteroatoms. The number of carbonyl (C=O) groups excluding carboxylic acids is 1. The number of hydrogen-bond donors (Lipinski definition) is 1. The summed E-state index contributed by atoms with van der Waals surface area (Å²) >= 11 is 7.65. The van der Waals surface area contributed by atoms with E-state index in [-0.39, 0.29) is 5.91 Å². The number of rotatable bonds is 5. The van der Waals surface area contributed by atoms with Gasteiger partial charge in [0.15, 0.2) is 0 Å². The monoisotopic (exact) mass is 338 g/mol. The number of amides is 1. The first-order valence-corrected chi connectivity index (χ1v) is 9.44. The van der Waals surface area contributed by atoms with Gasteiger partial charge < -0.3 is 0 Å². The van der Waals surface area contributed by atoms with Crippen molar-refractivity contribution in [1.29, 1.82) is 0 Å². The molecule has 1 aliphatic rings. The molecule has 0 radical (unpaired) electrons. The van der Waals surface area contributed by atoms with Gasteiger partial charge in [0.05, 0.1) is 5.75 Å². The molecule has 1 N–H and O–H groups in total. The van der Waals surface area contributed by atoms with Crippen molar-refractivity contribution in [3.8, 4) is 0 Å². The molecule has 1 aromatic rings. The van der Waals surface area contributed by atoms with Gasteiger partial charge in [0, 0.05) is 16.5 Å². The number of hydrogen-bond acceptors (Lipinski definition) is 3. The molecule has 0 bridgehead atoms. The van der Waals surface area contributed by atoms with Crippen molar-refractivity contribution in [2.75, 3.05) is 5.75 Å². The van der Waals surface area contributed by atoms with E-state index in [1.807, 2.05) is 24.3 Å². The lowest BCUT2D eigenvalue weighted by atomic mass is 9.99. The Kier molecular flexibility index (Phi) is 7.81. The third-order valence-electron chi connectivity index (χ3n) is 3.72. The van der Waals surface area contributed by atoms with E-state index in [0.717, 1.165) is 34.9 Å². The second-order valence-electron chi connectivity index (χ2n) is 5.56. The summed E-state index contributed by atoms with van der Waals surface area (Å²) in [7, 11) is 0. The van der Waals surface area contributed by atoms with Crippen molar-refractivity contribution in [2.24, 2.45) is 5.10 Å². The number of thioether (sulfide) groups is 1. The predicted octanol–water partition coefficient (Wildman–Crippen LogP) is 4.79. The standard InChI is InChI=1S/C17H23ClN2OS/c18-16-11-7-6-8-14(16)12-22-13-17(21)20-19-15-9-4-2-1-3-5-10-15/h6-8,11H,1-5,9-10,12-13H2,(H,20,21). The highest BCUT2D eigenvalue weighted by Gasteiger charge is 2.07. The average Bonchev–Trinajstić information content (AvgIpc) is 2.48. The summed E-state index contributed by atoms with van der Waals surface area (Å²) in [5, 5.41) is 5.06. The van der Waals surface area contributed by atoms with Gasteiger partial charge in [-0.2, -0.15) is 5.10 Å². The molecular formula is C17H23ClN2OS. The zero-order valence-electron chi connectivity index (χ0n) is 12.8. The highest BCUT2D eigenvalue weighted by atomic mass is 35.5. The first-order valence-electron chi connectivity index (χ1n) is 7.91. The Morgan fingerprint density at radius 1 is 1.14 bits per heavy atom. The van der Waals surface area contributed by atoms with Crippen LogP contribution in [0.25, 0.3) is 0 Å². The minimum absolute atomic E-state index is 0.0355. The fourth-order valence-electron chi connectivity index (χ4n) is 2.47. The number of nitrogens with one attached hydrogen (secondary N) is 1. The van der Waals surface area contributed by atoms with Crippen LogP contribution in [0.2, 0.25) is 5.02 Å². The molecular weight excluding hydrogens is 316 g/mol. The summed E-state index contributed by atoms with van der Waals surface area (Å²) in [5.74, 6) is 1.11. The lowest BCUT2D eigenvalue weighted by molar-refractivity contribution is -0.118. The minimum atomic E-state index is -0.0355. The van der Waals surface area contributed by atoms with E-state index in [2.05, 4.69) is 10.5 Å². The second kappa shape index (κ2) is 9.90. The number of nitrogens with zero attached hydrogens (tertiary/aromatic N) is 1. The van der Waals surface area contributed by atoms with E-state index >= 15 is 0 Å². The first-order chi connectivity index (χ1) is 10.8. The van der Waals surface area contributed by atoms with E-state index in [4.69, 9.17) is 11.6 Å². The van der Waals surface area contributed by atoms with Gasteiger partial charge in [-0.05, 0) is 37.3 Å². The summed E-state index contributed by atoms with van der Waals surface area (Å²) in [4.78, 5) is 11.8. The number of benzene rings is 1. The molecule has 0 aromatic heterocycles.